The van der Waals surface area contributed by atoms with Gasteiger partial charge in [-0.3, -0.25) is 4.79 Å². The van der Waals surface area contributed by atoms with Crippen molar-refractivity contribution in [1.29, 1.82) is 0 Å². The molecular weight excluding hydrogens is 325 g/mol. The summed E-state index contributed by atoms with van der Waals surface area (Å²) in [7, 11) is 0. The zero-order valence-electron chi connectivity index (χ0n) is 10.2. The lowest BCUT2D eigenvalue weighted by molar-refractivity contribution is -0.137. The Labute approximate surface area is 117 Å². The summed E-state index contributed by atoms with van der Waals surface area (Å²) in [6, 6.07) is 3.59. The quantitative estimate of drug-likeness (QED) is 0.884. The van der Waals surface area contributed by atoms with Gasteiger partial charge in [0.2, 0.25) is 5.91 Å². The van der Waals surface area contributed by atoms with Gasteiger partial charge in [-0.25, -0.2) is 0 Å². The first-order chi connectivity index (χ1) is 8.74. The summed E-state index contributed by atoms with van der Waals surface area (Å²) < 4.78 is 38.7. The van der Waals surface area contributed by atoms with Crippen LogP contribution in [-0.2, 0) is 11.0 Å². The summed E-state index contributed by atoms with van der Waals surface area (Å²) in [4.78, 5) is 11.6. The maximum atomic E-state index is 12.8. The number of rotatable bonds is 4. The summed E-state index contributed by atoms with van der Waals surface area (Å²) >= 11 is 2.98. The average Bonchev–Trinajstić information content (AvgIpc) is 2.29. The Kier molecular flexibility index (Phi) is 5.37. The van der Waals surface area contributed by atoms with Crippen LogP contribution in [0.4, 0.5) is 18.9 Å². The van der Waals surface area contributed by atoms with Crippen molar-refractivity contribution >= 4 is 27.5 Å². The molecule has 1 rings (SSSR count). The number of carbonyl (C=O) groups is 1. The molecule has 0 heterocycles. The van der Waals surface area contributed by atoms with Crippen molar-refractivity contribution in [1.82, 2.24) is 0 Å². The fourth-order valence-corrected chi connectivity index (χ4v) is 1.82. The van der Waals surface area contributed by atoms with Gasteiger partial charge in [-0.1, -0.05) is 22.9 Å². The van der Waals surface area contributed by atoms with Crippen molar-refractivity contribution in [2.45, 2.75) is 19.5 Å². The molecular formula is C12H14BrF3N2O. The average molecular weight is 339 g/mol. The highest BCUT2D eigenvalue weighted by molar-refractivity contribution is 9.10. The predicted molar refractivity (Wildman–Crippen MR) is 70.6 cm³/mol. The molecule has 1 unspecified atom stereocenters. The van der Waals surface area contributed by atoms with Crippen LogP contribution >= 0.6 is 15.9 Å². The Balaban J connectivity index is 2.92. The molecule has 0 aliphatic rings. The number of hydrogen-bond donors (Lipinski definition) is 2. The standard InChI is InChI=1S/C12H14BrF3N2O/c1-7(6-17)4-11(19)18-10-3-2-8(13)5-9(10)12(14,15)16/h2-3,5,7H,4,6,17H2,1H3,(H,18,19). The first-order valence-electron chi connectivity index (χ1n) is 5.60. The van der Waals surface area contributed by atoms with E-state index in [4.69, 9.17) is 5.73 Å². The monoisotopic (exact) mass is 338 g/mol. The SMILES string of the molecule is CC(CN)CC(=O)Nc1ccc(Br)cc1C(F)(F)F. The Hall–Kier alpha value is -1.08. The summed E-state index contributed by atoms with van der Waals surface area (Å²) in [5.74, 6) is -0.560. The van der Waals surface area contributed by atoms with Gasteiger partial charge < -0.3 is 11.1 Å². The first kappa shape index (κ1) is 16.0. The van der Waals surface area contributed by atoms with E-state index in [1.54, 1.807) is 6.92 Å². The minimum Gasteiger partial charge on any atom is -0.330 e. The number of carbonyl (C=O) groups excluding carboxylic acids is 1. The number of alkyl halides is 3. The molecule has 0 aliphatic heterocycles. The van der Waals surface area contributed by atoms with E-state index < -0.39 is 17.6 Å². The van der Waals surface area contributed by atoms with Gasteiger partial charge in [-0.15, -0.1) is 0 Å². The van der Waals surface area contributed by atoms with Gasteiger partial charge in [-0.05, 0) is 30.7 Å². The molecule has 0 aliphatic carbocycles. The fraction of sp³-hybridized carbons (Fsp3) is 0.417. The maximum Gasteiger partial charge on any atom is 0.418 e. The Morgan fingerprint density at radius 2 is 2.11 bits per heavy atom. The van der Waals surface area contributed by atoms with Crippen LogP contribution in [0.5, 0.6) is 0 Å². The highest BCUT2D eigenvalue weighted by atomic mass is 79.9. The third-order valence-corrected chi connectivity index (χ3v) is 2.99. The molecule has 0 spiro atoms. The number of nitrogens with one attached hydrogen (secondary N) is 1. The Morgan fingerprint density at radius 1 is 1.47 bits per heavy atom. The van der Waals surface area contributed by atoms with E-state index in [2.05, 4.69) is 21.2 Å². The van der Waals surface area contributed by atoms with Gasteiger partial charge in [-0.2, -0.15) is 13.2 Å². The van der Waals surface area contributed by atoms with Crippen LogP contribution in [0.25, 0.3) is 0 Å². The van der Waals surface area contributed by atoms with Gasteiger partial charge >= 0.3 is 6.18 Å². The van der Waals surface area contributed by atoms with Crippen LogP contribution in [0.1, 0.15) is 18.9 Å². The minimum atomic E-state index is -4.52. The Morgan fingerprint density at radius 3 is 2.63 bits per heavy atom. The van der Waals surface area contributed by atoms with Crippen molar-refractivity contribution in [2.75, 3.05) is 11.9 Å². The highest BCUT2D eigenvalue weighted by Gasteiger charge is 2.34. The Bertz CT molecular complexity index is 463. The van der Waals surface area contributed by atoms with Crippen molar-refractivity contribution in [3.8, 4) is 0 Å². The van der Waals surface area contributed by atoms with Crippen LogP contribution in [0.2, 0.25) is 0 Å². The molecule has 0 saturated carbocycles. The van der Waals surface area contributed by atoms with Crippen molar-refractivity contribution in [2.24, 2.45) is 11.7 Å². The van der Waals surface area contributed by atoms with Gasteiger partial charge in [0.25, 0.3) is 0 Å². The summed E-state index contributed by atoms with van der Waals surface area (Å²) in [5.41, 5.74) is 4.24. The van der Waals surface area contributed by atoms with E-state index in [1.165, 1.54) is 12.1 Å². The normalized spacial score (nSPS) is 13.2. The zero-order chi connectivity index (χ0) is 14.6. The van der Waals surface area contributed by atoms with Crippen LogP contribution in [0.15, 0.2) is 22.7 Å². The fourth-order valence-electron chi connectivity index (χ4n) is 1.46. The van der Waals surface area contributed by atoms with E-state index in [0.29, 0.717) is 11.0 Å². The minimum absolute atomic E-state index is 0.0789. The lowest BCUT2D eigenvalue weighted by Gasteiger charge is -2.15. The maximum absolute atomic E-state index is 12.8. The van der Waals surface area contributed by atoms with Crippen LogP contribution < -0.4 is 11.1 Å². The van der Waals surface area contributed by atoms with E-state index in [9.17, 15) is 18.0 Å². The summed E-state index contributed by atoms with van der Waals surface area (Å²) in [6.07, 6.45) is -4.43. The summed E-state index contributed by atoms with van der Waals surface area (Å²) in [6.45, 7) is 2.06. The number of nitrogens with two attached hydrogens (primary N) is 1. The zero-order valence-corrected chi connectivity index (χ0v) is 11.8. The molecule has 0 saturated heterocycles. The largest absolute Gasteiger partial charge is 0.418 e. The molecule has 19 heavy (non-hydrogen) atoms. The second kappa shape index (κ2) is 6.38. The molecule has 0 fully saturated rings. The molecule has 0 radical (unpaired) electrons. The van der Waals surface area contributed by atoms with Gasteiger partial charge in [0, 0.05) is 10.9 Å². The highest BCUT2D eigenvalue weighted by Crippen LogP contribution is 2.36. The van der Waals surface area contributed by atoms with Gasteiger partial charge in [0.05, 0.1) is 11.3 Å². The van der Waals surface area contributed by atoms with E-state index >= 15 is 0 Å². The molecule has 1 aromatic rings. The molecule has 106 valence electrons. The number of amides is 1. The van der Waals surface area contributed by atoms with Crippen LogP contribution in [0, 0.1) is 5.92 Å². The third kappa shape index (κ3) is 4.83. The van der Waals surface area contributed by atoms with Crippen molar-refractivity contribution < 1.29 is 18.0 Å². The molecule has 7 heteroatoms. The van der Waals surface area contributed by atoms with E-state index in [1.807, 2.05) is 0 Å². The van der Waals surface area contributed by atoms with E-state index in [0.717, 1.165) is 6.07 Å². The molecule has 3 nitrogen and oxygen atoms in total. The molecule has 0 bridgehead atoms. The van der Waals surface area contributed by atoms with Gasteiger partial charge in [0.1, 0.15) is 0 Å². The molecule has 1 amide bonds. The molecule has 1 atom stereocenters. The molecule has 0 aromatic heterocycles. The smallest absolute Gasteiger partial charge is 0.330 e. The lowest BCUT2D eigenvalue weighted by atomic mass is 10.1. The number of halogens is 4. The summed E-state index contributed by atoms with van der Waals surface area (Å²) in [5, 5.41) is 2.27. The lowest BCUT2D eigenvalue weighted by Crippen LogP contribution is -2.21. The van der Waals surface area contributed by atoms with Gasteiger partial charge in [0.15, 0.2) is 0 Å². The predicted octanol–water partition coefficient (Wildman–Crippen LogP) is 3.39. The van der Waals surface area contributed by atoms with Crippen LogP contribution in [0.3, 0.4) is 0 Å². The van der Waals surface area contributed by atoms with E-state index in [-0.39, 0.29) is 18.0 Å². The number of benzene rings is 1. The molecule has 3 N–H and O–H groups in total. The third-order valence-electron chi connectivity index (χ3n) is 2.50. The van der Waals surface area contributed by atoms with Crippen molar-refractivity contribution in [3.63, 3.8) is 0 Å². The molecule has 1 aromatic carbocycles. The van der Waals surface area contributed by atoms with Crippen LogP contribution in [-0.4, -0.2) is 12.5 Å². The second-order valence-corrected chi connectivity index (χ2v) is 5.20. The number of anilines is 1. The number of hydrogen-bond acceptors (Lipinski definition) is 2. The van der Waals surface area contributed by atoms with Crippen molar-refractivity contribution in [3.05, 3.63) is 28.2 Å². The topological polar surface area (TPSA) is 55.1 Å². The second-order valence-electron chi connectivity index (χ2n) is 4.28. The first-order valence-corrected chi connectivity index (χ1v) is 6.40.